The van der Waals surface area contributed by atoms with Crippen LogP contribution in [0.15, 0.2) is 60.7 Å². The van der Waals surface area contributed by atoms with Gasteiger partial charge < -0.3 is 14.8 Å². The number of ether oxygens (including phenoxy) is 2. The second-order valence-corrected chi connectivity index (χ2v) is 6.77. The summed E-state index contributed by atoms with van der Waals surface area (Å²) in [5.41, 5.74) is 4.95. The van der Waals surface area contributed by atoms with E-state index in [-0.39, 0.29) is 11.7 Å². The Morgan fingerprint density at radius 2 is 1.56 bits per heavy atom. The lowest BCUT2D eigenvalue weighted by molar-refractivity contribution is -0.119. The number of aromatic nitrogens is 2. The predicted molar refractivity (Wildman–Crippen MR) is 120 cm³/mol. The first-order valence-electron chi connectivity index (χ1n) is 10.1. The quantitative estimate of drug-likeness (QED) is 0.192. The molecule has 9 heteroatoms. The highest BCUT2D eigenvalue weighted by Gasteiger charge is 2.13. The molecule has 1 aromatic heterocycles. The van der Waals surface area contributed by atoms with Crippen molar-refractivity contribution in [1.29, 1.82) is 0 Å². The first kappa shape index (κ1) is 22.9. The number of hydrogen-bond acceptors (Lipinski definition) is 7. The Labute approximate surface area is 185 Å². The van der Waals surface area contributed by atoms with Crippen LogP contribution in [0.2, 0.25) is 0 Å². The lowest BCUT2D eigenvalue weighted by Crippen LogP contribution is -2.31. The summed E-state index contributed by atoms with van der Waals surface area (Å²) in [4.78, 5) is 31.5. The van der Waals surface area contributed by atoms with Gasteiger partial charge in [-0.1, -0.05) is 30.3 Å². The summed E-state index contributed by atoms with van der Waals surface area (Å²) in [7, 11) is 0. The Kier molecular flexibility index (Phi) is 8.24. The van der Waals surface area contributed by atoms with E-state index in [1.165, 1.54) is 6.92 Å². The van der Waals surface area contributed by atoms with Gasteiger partial charge in [0, 0.05) is 24.6 Å². The lowest BCUT2D eigenvalue weighted by atomic mass is 10.1. The monoisotopic (exact) mass is 435 g/mol. The van der Waals surface area contributed by atoms with Crippen molar-refractivity contribution in [2.75, 3.05) is 26.4 Å². The zero-order valence-electron chi connectivity index (χ0n) is 17.7. The van der Waals surface area contributed by atoms with Gasteiger partial charge in [-0.3, -0.25) is 15.0 Å². The number of carbonyl (C=O) groups is 2. The van der Waals surface area contributed by atoms with Crippen molar-refractivity contribution in [3.63, 3.8) is 0 Å². The van der Waals surface area contributed by atoms with Crippen molar-refractivity contribution < 1.29 is 19.1 Å². The normalized spacial score (nSPS) is 10.4. The summed E-state index contributed by atoms with van der Waals surface area (Å²) in [5.74, 6) is 5.29. The van der Waals surface area contributed by atoms with Crippen LogP contribution in [0.1, 0.15) is 17.5 Å². The molecule has 0 saturated carbocycles. The molecule has 4 N–H and O–H groups in total. The molecular weight excluding hydrogens is 410 g/mol. The highest BCUT2D eigenvalue weighted by Crippen LogP contribution is 2.25. The molecule has 3 rings (SSSR count). The Morgan fingerprint density at radius 3 is 2.19 bits per heavy atom. The van der Waals surface area contributed by atoms with E-state index in [4.69, 9.17) is 15.3 Å². The molecule has 166 valence electrons. The second-order valence-electron chi connectivity index (χ2n) is 6.77. The molecule has 2 amide bonds. The largest absolute Gasteiger partial charge is 0.491 e. The number of nitrogens with zero attached hydrogens (tertiary/aromatic N) is 2. The zero-order chi connectivity index (χ0) is 22.8. The number of nitrogens with one attached hydrogen (secondary N) is 2. The highest BCUT2D eigenvalue weighted by molar-refractivity contribution is 5.91. The zero-order valence-corrected chi connectivity index (χ0v) is 17.7. The number of rotatable bonds is 10. The van der Waals surface area contributed by atoms with Crippen molar-refractivity contribution in [3.05, 3.63) is 66.5 Å². The van der Waals surface area contributed by atoms with Crippen LogP contribution in [0.25, 0.3) is 22.5 Å². The van der Waals surface area contributed by atoms with E-state index in [0.29, 0.717) is 43.5 Å². The van der Waals surface area contributed by atoms with E-state index in [9.17, 15) is 9.59 Å². The predicted octanol–water partition coefficient (Wildman–Crippen LogP) is 1.95. The van der Waals surface area contributed by atoms with E-state index in [0.717, 1.165) is 11.1 Å². The minimum atomic E-state index is -0.567. The summed E-state index contributed by atoms with van der Waals surface area (Å²) in [6.07, 6.45) is 0. The van der Waals surface area contributed by atoms with E-state index in [2.05, 4.69) is 20.7 Å². The average Bonchev–Trinajstić information content (AvgIpc) is 2.83. The Balaban J connectivity index is 1.67. The van der Waals surface area contributed by atoms with Crippen LogP contribution in [-0.4, -0.2) is 48.1 Å². The number of benzene rings is 2. The molecule has 2 aromatic carbocycles. The molecule has 3 aromatic rings. The number of nitrogens with two attached hydrogens (primary N) is 1. The fraction of sp³-hybridized carbons (Fsp3) is 0.217. The van der Waals surface area contributed by atoms with Crippen molar-refractivity contribution >= 4 is 11.8 Å². The molecule has 0 spiro atoms. The van der Waals surface area contributed by atoms with Crippen molar-refractivity contribution in [1.82, 2.24) is 20.7 Å². The molecule has 32 heavy (non-hydrogen) atoms. The molecule has 0 atom stereocenters. The van der Waals surface area contributed by atoms with Crippen LogP contribution in [0.5, 0.6) is 5.75 Å². The van der Waals surface area contributed by atoms with Crippen molar-refractivity contribution in [2.45, 2.75) is 6.92 Å². The summed E-state index contributed by atoms with van der Waals surface area (Å²) >= 11 is 0. The van der Waals surface area contributed by atoms with Gasteiger partial charge in [0.25, 0.3) is 0 Å². The van der Waals surface area contributed by atoms with Crippen LogP contribution >= 0.6 is 0 Å². The summed E-state index contributed by atoms with van der Waals surface area (Å²) in [6, 6.07) is 18.7. The molecule has 0 aliphatic rings. The standard InChI is InChI=1S/C23H25N5O4/c1-16(29)25-11-12-31-13-14-32-19-9-7-18(8-10-19)21-15-20(17-5-3-2-4-6-17)26-22(27-21)23(30)28-24/h2-10,15H,11-14,24H2,1H3,(H,25,29)(H,28,30). The smallest absolute Gasteiger partial charge is 0.302 e. The maximum Gasteiger partial charge on any atom is 0.302 e. The fourth-order valence-corrected chi connectivity index (χ4v) is 2.86. The number of hydrogen-bond donors (Lipinski definition) is 3. The van der Waals surface area contributed by atoms with Gasteiger partial charge in [0.05, 0.1) is 24.6 Å². The van der Waals surface area contributed by atoms with Gasteiger partial charge in [0.1, 0.15) is 12.4 Å². The van der Waals surface area contributed by atoms with Gasteiger partial charge in [0.15, 0.2) is 0 Å². The maximum absolute atomic E-state index is 12.1. The number of nitrogen functional groups attached to an aromatic ring is 1. The summed E-state index contributed by atoms with van der Waals surface area (Å²) in [5, 5.41) is 2.66. The van der Waals surface area contributed by atoms with Gasteiger partial charge in [-0.05, 0) is 30.3 Å². The fourth-order valence-electron chi connectivity index (χ4n) is 2.86. The van der Waals surface area contributed by atoms with Crippen molar-refractivity contribution in [3.8, 4) is 28.3 Å². The number of carbonyl (C=O) groups excluding carboxylic acids is 2. The van der Waals surface area contributed by atoms with Gasteiger partial charge in [-0.2, -0.15) is 0 Å². The SMILES string of the molecule is CC(=O)NCCOCCOc1ccc(-c2cc(-c3ccccc3)nc(C(=O)NN)n2)cc1. The highest BCUT2D eigenvalue weighted by atomic mass is 16.5. The third-order valence-electron chi connectivity index (χ3n) is 4.40. The average molecular weight is 435 g/mol. The molecule has 1 heterocycles. The minimum Gasteiger partial charge on any atom is -0.491 e. The van der Waals surface area contributed by atoms with Crippen molar-refractivity contribution in [2.24, 2.45) is 5.84 Å². The Bertz CT molecular complexity index is 1040. The molecular formula is C23H25N5O4. The first-order chi connectivity index (χ1) is 15.6. The van der Waals surface area contributed by atoms with Gasteiger partial charge >= 0.3 is 5.91 Å². The van der Waals surface area contributed by atoms with Crippen LogP contribution in [0, 0.1) is 0 Å². The molecule has 0 aliphatic carbocycles. The molecule has 0 fully saturated rings. The van der Waals surface area contributed by atoms with Gasteiger partial charge in [-0.25, -0.2) is 15.8 Å². The van der Waals surface area contributed by atoms with Crippen LogP contribution in [-0.2, 0) is 9.53 Å². The maximum atomic E-state index is 12.1. The molecule has 0 bridgehead atoms. The minimum absolute atomic E-state index is 0.0133. The molecule has 9 nitrogen and oxygen atoms in total. The summed E-state index contributed by atoms with van der Waals surface area (Å²) in [6.45, 7) is 3.15. The van der Waals surface area contributed by atoms with E-state index < -0.39 is 5.91 Å². The lowest BCUT2D eigenvalue weighted by Gasteiger charge is -2.10. The Morgan fingerprint density at radius 1 is 0.906 bits per heavy atom. The van der Waals surface area contributed by atoms with E-state index in [1.807, 2.05) is 60.7 Å². The van der Waals surface area contributed by atoms with Crippen LogP contribution in [0.3, 0.4) is 0 Å². The van der Waals surface area contributed by atoms with E-state index >= 15 is 0 Å². The second kappa shape index (κ2) is 11.5. The molecule has 0 saturated heterocycles. The van der Waals surface area contributed by atoms with Gasteiger partial charge in [0.2, 0.25) is 11.7 Å². The number of amides is 2. The first-order valence-corrected chi connectivity index (χ1v) is 10.1. The number of hydrazine groups is 1. The third-order valence-corrected chi connectivity index (χ3v) is 4.40. The third kappa shape index (κ3) is 6.59. The van der Waals surface area contributed by atoms with Crippen LogP contribution < -0.4 is 21.3 Å². The molecule has 0 unspecified atom stereocenters. The topological polar surface area (TPSA) is 128 Å². The summed E-state index contributed by atoms with van der Waals surface area (Å²) < 4.78 is 11.1. The van der Waals surface area contributed by atoms with Gasteiger partial charge in [-0.15, -0.1) is 0 Å². The molecule has 0 aliphatic heterocycles. The van der Waals surface area contributed by atoms with E-state index in [1.54, 1.807) is 0 Å². The van der Waals surface area contributed by atoms with Crippen LogP contribution in [0.4, 0.5) is 0 Å². The molecule has 0 radical (unpaired) electrons. The Hall–Kier alpha value is -3.82.